The van der Waals surface area contributed by atoms with Gasteiger partial charge in [-0.2, -0.15) is 5.10 Å². The molecule has 0 spiro atoms. The van der Waals surface area contributed by atoms with Crippen molar-refractivity contribution in [2.75, 3.05) is 0 Å². The van der Waals surface area contributed by atoms with Gasteiger partial charge in [-0.05, 0) is 31.6 Å². The molecule has 0 aliphatic heterocycles. The van der Waals surface area contributed by atoms with E-state index in [2.05, 4.69) is 10.1 Å². The average molecular weight is 220 g/mol. The van der Waals surface area contributed by atoms with Crippen LogP contribution in [-0.4, -0.2) is 14.8 Å². The van der Waals surface area contributed by atoms with Gasteiger partial charge in [0.1, 0.15) is 5.82 Å². The minimum Gasteiger partial charge on any atom is -0.321 e. The van der Waals surface area contributed by atoms with Gasteiger partial charge < -0.3 is 5.73 Å². The molecule has 1 aromatic heterocycles. The Morgan fingerprint density at radius 2 is 1.94 bits per heavy atom. The van der Waals surface area contributed by atoms with Crippen molar-refractivity contribution in [3.63, 3.8) is 0 Å². The van der Waals surface area contributed by atoms with Crippen molar-refractivity contribution in [2.24, 2.45) is 18.7 Å². The lowest BCUT2D eigenvalue weighted by Crippen LogP contribution is -2.17. The summed E-state index contributed by atoms with van der Waals surface area (Å²) in [6.07, 6.45) is 7.67. The van der Waals surface area contributed by atoms with Gasteiger partial charge in [-0.15, -0.1) is 0 Å². The zero-order chi connectivity index (χ0) is 11.1. The van der Waals surface area contributed by atoms with Crippen molar-refractivity contribution in [2.45, 2.75) is 50.5 Å². The number of aromatic nitrogens is 3. The van der Waals surface area contributed by atoms with Crippen molar-refractivity contribution in [1.29, 1.82) is 0 Å². The van der Waals surface area contributed by atoms with Crippen LogP contribution in [0, 0.1) is 5.92 Å². The molecule has 16 heavy (non-hydrogen) atoms. The van der Waals surface area contributed by atoms with E-state index in [1.165, 1.54) is 38.5 Å². The quantitative estimate of drug-likeness (QED) is 0.846. The smallest absolute Gasteiger partial charge is 0.154 e. The molecule has 1 unspecified atom stereocenters. The van der Waals surface area contributed by atoms with Gasteiger partial charge in [0.2, 0.25) is 0 Å². The first-order valence-electron chi connectivity index (χ1n) is 6.42. The summed E-state index contributed by atoms with van der Waals surface area (Å²) in [4.78, 5) is 4.68. The van der Waals surface area contributed by atoms with Gasteiger partial charge in [-0.3, -0.25) is 4.68 Å². The summed E-state index contributed by atoms with van der Waals surface area (Å²) in [5, 5.41) is 4.55. The molecular weight excluding hydrogens is 200 g/mol. The third kappa shape index (κ3) is 1.75. The molecule has 3 rings (SSSR count). The molecule has 4 nitrogen and oxygen atoms in total. The Morgan fingerprint density at radius 1 is 1.25 bits per heavy atom. The van der Waals surface area contributed by atoms with Crippen LogP contribution in [0.5, 0.6) is 0 Å². The maximum absolute atomic E-state index is 6.19. The van der Waals surface area contributed by atoms with E-state index in [0.29, 0.717) is 11.8 Å². The number of nitrogens with two attached hydrogens (primary N) is 1. The second kappa shape index (κ2) is 3.84. The summed E-state index contributed by atoms with van der Waals surface area (Å²) in [5.74, 6) is 3.26. The number of nitrogens with zero attached hydrogens (tertiary/aromatic N) is 3. The van der Waals surface area contributed by atoms with Crippen molar-refractivity contribution >= 4 is 0 Å². The van der Waals surface area contributed by atoms with E-state index in [1.807, 2.05) is 11.7 Å². The van der Waals surface area contributed by atoms with Crippen molar-refractivity contribution in [3.8, 4) is 0 Å². The summed E-state index contributed by atoms with van der Waals surface area (Å²) in [5.41, 5.74) is 6.19. The Bertz CT molecular complexity index is 374. The van der Waals surface area contributed by atoms with Gasteiger partial charge in [-0.25, -0.2) is 4.98 Å². The lowest BCUT2D eigenvalue weighted by molar-refractivity contribution is 0.551. The minimum atomic E-state index is 0.104. The third-order valence-corrected chi connectivity index (χ3v) is 3.96. The van der Waals surface area contributed by atoms with E-state index in [4.69, 9.17) is 5.73 Å². The molecule has 88 valence electrons. The first-order valence-corrected chi connectivity index (χ1v) is 6.42. The molecule has 1 heterocycles. The van der Waals surface area contributed by atoms with Crippen LogP contribution in [0.25, 0.3) is 0 Å². The monoisotopic (exact) mass is 220 g/mol. The zero-order valence-electron chi connectivity index (χ0n) is 9.89. The van der Waals surface area contributed by atoms with Crippen molar-refractivity contribution < 1.29 is 0 Å². The van der Waals surface area contributed by atoms with Gasteiger partial charge in [0, 0.05) is 13.0 Å². The maximum Gasteiger partial charge on any atom is 0.154 e. The highest BCUT2D eigenvalue weighted by atomic mass is 15.3. The molecule has 2 aliphatic rings. The molecule has 1 aromatic rings. The number of rotatable bonds is 3. The van der Waals surface area contributed by atoms with Gasteiger partial charge in [0.15, 0.2) is 5.82 Å². The molecule has 2 N–H and O–H groups in total. The number of aryl methyl sites for hydroxylation is 1. The van der Waals surface area contributed by atoms with Crippen LogP contribution in [0.15, 0.2) is 0 Å². The maximum atomic E-state index is 6.19. The molecule has 0 aromatic carbocycles. The van der Waals surface area contributed by atoms with E-state index >= 15 is 0 Å². The Hall–Kier alpha value is -0.900. The summed E-state index contributed by atoms with van der Waals surface area (Å²) in [7, 11) is 1.98. The summed E-state index contributed by atoms with van der Waals surface area (Å²) in [6.45, 7) is 0. The summed E-state index contributed by atoms with van der Waals surface area (Å²) in [6, 6.07) is 0.104. The fraction of sp³-hybridized carbons (Fsp3) is 0.833. The highest BCUT2D eigenvalue weighted by Crippen LogP contribution is 2.39. The molecule has 0 amide bonds. The lowest BCUT2D eigenvalue weighted by Gasteiger charge is -2.07. The van der Waals surface area contributed by atoms with Gasteiger partial charge >= 0.3 is 0 Å². The predicted octanol–water partition coefficient (Wildman–Crippen LogP) is 1.88. The van der Waals surface area contributed by atoms with E-state index in [9.17, 15) is 0 Å². The van der Waals surface area contributed by atoms with Crippen molar-refractivity contribution in [1.82, 2.24) is 14.8 Å². The summed E-state index contributed by atoms with van der Waals surface area (Å²) < 4.78 is 1.90. The molecule has 4 heteroatoms. The first kappa shape index (κ1) is 10.3. The van der Waals surface area contributed by atoms with E-state index in [1.54, 1.807) is 0 Å². The fourth-order valence-electron chi connectivity index (χ4n) is 2.73. The van der Waals surface area contributed by atoms with Crippen LogP contribution in [0.1, 0.15) is 62.1 Å². The van der Waals surface area contributed by atoms with Crippen LogP contribution in [0.4, 0.5) is 0 Å². The summed E-state index contributed by atoms with van der Waals surface area (Å²) >= 11 is 0. The van der Waals surface area contributed by atoms with Crippen LogP contribution in [0.2, 0.25) is 0 Å². The highest BCUT2D eigenvalue weighted by molar-refractivity contribution is 5.07. The zero-order valence-corrected chi connectivity index (χ0v) is 9.89. The van der Waals surface area contributed by atoms with Crippen LogP contribution >= 0.6 is 0 Å². The standard InChI is InChI=1S/C12H20N4/c1-16-12(10(13)8-6-7-8)14-11(15-16)9-4-2-3-5-9/h8-10H,2-7,13H2,1H3. The number of hydrogen-bond acceptors (Lipinski definition) is 3. The molecule has 2 saturated carbocycles. The lowest BCUT2D eigenvalue weighted by atomic mass is 10.1. The molecule has 0 radical (unpaired) electrons. The molecular formula is C12H20N4. The Balaban J connectivity index is 1.82. The largest absolute Gasteiger partial charge is 0.321 e. The molecule has 1 atom stereocenters. The Kier molecular flexibility index (Phi) is 2.46. The number of hydrogen-bond donors (Lipinski definition) is 1. The Labute approximate surface area is 96.2 Å². The van der Waals surface area contributed by atoms with Gasteiger partial charge in [-0.1, -0.05) is 12.8 Å². The van der Waals surface area contributed by atoms with Crippen LogP contribution < -0.4 is 5.73 Å². The van der Waals surface area contributed by atoms with Crippen LogP contribution in [0.3, 0.4) is 0 Å². The first-order chi connectivity index (χ1) is 7.75. The third-order valence-electron chi connectivity index (χ3n) is 3.96. The van der Waals surface area contributed by atoms with Crippen LogP contribution in [-0.2, 0) is 7.05 Å². The minimum absolute atomic E-state index is 0.104. The predicted molar refractivity (Wildman–Crippen MR) is 61.9 cm³/mol. The SMILES string of the molecule is Cn1nc(C2CCCC2)nc1C(N)C1CC1. The highest BCUT2D eigenvalue weighted by Gasteiger charge is 2.33. The second-order valence-corrected chi connectivity index (χ2v) is 5.30. The van der Waals surface area contributed by atoms with E-state index in [-0.39, 0.29) is 6.04 Å². The van der Waals surface area contributed by atoms with E-state index in [0.717, 1.165) is 11.6 Å². The topological polar surface area (TPSA) is 56.7 Å². The average Bonchev–Trinajstić information content (AvgIpc) is 2.84. The Morgan fingerprint density at radius 3 is 2.56 bits per heavy atom. The fourth-order valence-corrected chi connectivity index (χ4v) is 2.73. The van der Waals surface area contributed by atoms with Gasteiger partial charge in [0.25, 0.3) is 0 Å². The molecule has 2 aliphatic carbocycles. The van der Waals surface area contributed by atoms with Crippen molar-refractivity contribution in [3.05, 3.63) is 11.6 Å². The molecule has 2 fully saturated rings. The normalized spacial score (nSPS) is 23.9. The van der Waals surface area contributed by atoms with Gasteiger partial charge in [0.05, 0.1) is 6.04 Å². The molecule has 0 bridgehead atoms. The second-order valence-electron chi connectivity index (χ2n) is 5.30. The molecule has 0 saturated heterocycles. The van der Waals surface area contributed by atoms with E-state index < -0.39 is 0 Å².